The molecule has 2 aromatic heterocycles. The number of hydrogen-bond donors (Lipinski definition) is 3. The van der Waals surface area contributed by atoms with Gasteiger partial charge in [-0.25, -0.2) is 19.1 Å². The van der Waals surface area contributed by atoms with Crippen molar-refractivity contribution in [3.05, 3.63) is 84.6 Å². The predicted octanol–water partition coefficient (Wildman–Crippen LogP) is 1.49. The monoisotopic (exact) mass is 365 g/mol. The topological polar surface area (TPSA) is 116 Å². The van der Waals surface area contributed by atoms with Gasteiger partial charge in [0.2, 0.25) is 4.77 Å². The van der Waals surface area contributed by atoms with Crippen molar-refractivity contribution in [3.63, 3.8) is 0 Å². The lowest BCUT2D eigenvalue weighted by Gasteiger charge is -2.07. The Morgan fingerprint density at radius 2 is 1.62 bits per heavy atom. The van der Waals surface area contributed by atoms with E-state index in [9.17, 15) is 14.4 Å². The molecule has 0 saturated carbocycles. The number of para-hydroxylation sites is 1. The number of hydrogen-bond acceptors (Lipinski definition) is 5. The van der Waals surface area contributed by atoms with Gasteiger partial charge in [0.15, 0.2) is 0 Å². The first-order chi connectivity index (χ1) is 12.5. The second-order valence-electron chi connectivity index (χ2n) is 5.51. The van der Waals surface area contributed by atoms with Crippen molar-refractivity contribution in [2.75, 3.05) is 0 Å². The van der Waals surface area contributed by atoms with Crippen LogP contribution in [0.1, 0.15) is 0 Å². The van der Waals surface area contributed by atoms with E-state index in [1.54, 1.807) is 48.5 Å². The summed E-state index contributed by atoms with van der Waals surface area (Å²) in [6.45, 7) is 0. The summed E-state index contributed by atoms with van der Waals surface area (Å²) in [5.41, 5.74) is 0.0632. The molecular weight excluding hydrogens is 354 g/mol. The first-order valence-electron chi connectivity index (χ1n) is 7.58. The Morgan fingerprint density at radius 3 is 2.35 bits per heavy atom. The second kappa shape index (κ2) is 6.05. The van der Waals surface area contributed by atoms with Crippen LogP contribution in [0.15, 0.2) is 62.9 Å². The third-order valence-corrected chi connectivity index (χ3v) is 4.06. The molecule has 0 saturated heterocycles. The van der Waals surface area contributed by atoms with Crippen LogP contribution < -0.4 is 16.9 Å². The van der Waals surface area contributed by atoms with Gasteiger partial charge >= 0.3 is 11.4 Å². The van der Waals surface area contributed by atoms with Gasteiger partial charge in [-0.2, -0.15) is 0 Å². The minimum atomic E-state index is -0.532. The fraction of sp³-hybridized carbons (Fsp3) is 0. The first kappa shape index (κ1) is 15.9. The first-order valence-corrected chi connectivity index (χ1v) is 7.99. The van der Waals surface area contributed by atoms with Crippen LogP contribution in [0, 0.1) is 4.77 Å². The van der Waals surface area contributed by atoms with Crippen LogP contribution in [0.2, 0.25) is 0 Å². The maximum absolute atomic E-state index is 12.7. The fourth-order valence-electron chi connectivity index (χ4n) is 2.70. The molecule has 4 rings (SSSR count). The average molecular weight is 365 g/mol. The SMILES string of the molecule is O=c1[nH]c(-c2ccc(-n3c(=O)[nH]c4ccccc4c3=O)cc2)nc(=S)[nH]1. The molecule has 0 aliphatic carbocycles. The lowest BCUT2D eigenvalue weighted by molar-refractivity contribution is 0.901. The molecule has 8 nitrogen and oxygen atoms in total. The van der Waals surface area contributed by atoms with Gasteiger partial charge < -0.3 is 4.98 Å². The van der Waals surface area contributed by atoms with E-state index in [4.69, 9.17) is 12.2 Å². The standard InChI is InChI=1S/C17H11N5O3S/c23-14-11-3-1-2-4-12(11)18-17(25)22(14)10-7-5-9(6-8-10)13-19-15(24)21-16(26)20-13/h1-8H,(H,18,25)(H2,19,20,21,24,26). The summed E-state index contributed by atoms with van der Waals surface area (Å²) >= 11 is 4.89. The smallest absolute Gasteiger partial charge is 0.306 e. The highest BCUT2D eigenvalue weighted by atomic mass is 32.1. The van der Waals surface area contributed by atoms with Crippen molar-refractivity contribution in [3.8, 4) is 17.1 Å². The van der Waals surface area contributed by atoms with Crippen LogP contribution >= 0.6 is 12.2 Å². The van der Waals surface area contributed by atoms with Crippen molar-refractivity contribution < 1.29 is 0 Å². The van der Waals surface area contributed by atoms with Crippen molar-refractivity contribution in [1.29, 1.82) is 0 Å². The Balaban J connectivity index is 1.87. The summed E-state index contributed by atoms with van der Waals surface area (Å²) < 4.78 is 1.12. The van der Waals surface area contributed by atoms with Gasteiger partial charge in [0, 0.05) is 5.56 Å². The highest BCUT2D eigenvalue weighted by molar-refractivity contribution is 7.71. The van der Waals surface area contributed by atoms with Gasteiger partial charge in [-0.1, -0.05) is 12.1 Å². The van der Waals surface area contributed by atoms with Crippen molar-refractivity contribution in [1.82, 2.24) is 24.5 Å². The minimum Gasteiger partial charge on any atom is -0.306 e. The highest BCUT2D eigenvalue weighted by Crippen LogP contribution is 2.15. The number of benzene rings is 2. The van der Waals surface area contributed by atoms with E-state index in [0.717, 1.165) is 4.57 Å². The molecule has 0 spiro atoms. The molecule has 0 fully saturated rings. The van der Waals surface area contributed by atoms with E-state index in [2.05, 4.69) is 19.9 Å². The van der Waals surface area contributed by atoms with Crippen LogP contribution in [0.5, 0.6) is 0 Å². The Bertz CT molecular complexity index is 1330. The summed E-state index contributed by atoms with van der Waals surface area (Å²) in [7, 11) is 0. The molecule has 128 valence electrons. The Hall–Kier alpha value is -3.59. The number of nitrogens with one attached hydrogen (secondary N) is 3. The summed E-state index contributed by atoms with van der Waals surface area (Å²) in [5, 5.41) is 0.413. The van der Waals surface area contributed by atoms with Gasteiger partial charge in [0.1, 0.15) is 5.82 Å². The molecule has 0 aliphatic rings. The molecule has 2 heterocycles. The van der Waals surface area contributed by atoms with Gasteiger partial charge in [-0.3, -0.25) is 14.8 Å². The summed E-state index contributed by atoms with van der Waals surface area (Å²) in [6.07, 6.45) is 0. The van der Waals surface area contributed by atoms with Gasteiger partial charge in [-0.15, -0.1) is 0 Å². The van der Waals surface area contributed by atoms with Crippen molar-refractivity contribution in [2.45, 2.75) is 0 Å². The Kier molecular flexibility index (Phi) is 3.70. The predicted molar refractivity (Wildman–Crippen MR) is 99.2 cm³/mol. The number of fused-ring (bicyclic) bond motifs is 1. The van der Waals surface area contributed by atoms with Crippen LogP contribution in [0.25, 0.3) is 28.0 Å². The maximum Gasteiger partial charge on any atom is 0.333 e. The number of H-pyrrole nitrogens is 3. The van der Waals surface area contributed by atoms with Crippen molar-refractivity contribution in [2.24, 2.45) is 0 Å². The fourth-order valence-corrected chi connectivity index (χ4v) is 2.88. The molecule has 2 aromatic carbocycles. The largest absolute Gasteiger partial charge is 0.333 e. The van der Waals surface area contributed by atoms with Crippen molar-refractivity contribution >= 4 is 23.1 Å². The molecule has 0 unspecified atom stereocenters. The number of rotatable bonds is 2. The lowest BCUT2D eigenvalue weighted by Crippen LogP contribution is -2.33. The van der Waals surface area contributed by atoms with Crippen LogP contribution in [-0.2, 0) is 0 Å². The van der Waals surface area contributed by atoms with E-state index < -0.39 is 16.9 Å². The third-order valence-electron chi connectivity index (χ3n) is 3.87. The number of aromatic amines is 3. The molecule has 26 heavy (non-hydrogen) atoms. The summed E-state index contributed by atoms with van der Waals surface area (Å²) in [4.78, 5) is 48.1. The van der Waals surface area contributed by atoms with Crippen LogP contribution in [0.3, 0.4) is 0 Å². The Labute approximate surface area is 149 Å². The molecule has 0 aliphatic heterocycles. The summed E-state index contributed by atoms with van der Waals surface area (Å²) in [6, 6.07) is 13.3. The summed E-state index contributed by atoms with van der Waals surface area (Å²) in [5.74, 6) is 0.296. The molecule has 0 amide bonds. The van der Waals surface area contributed by atoms with Gasteiger partial charge in [0.25, 0.3) is 5.56 Å². The van der Waals surface area contributed by atoms with E-state index in [1.807, 2.05) is 0 Å². The Morgan fingerprint density at radius 1 is 0.885 bits per heavy atom. The van der Waals surface area contributed by atoms with Gasteiger partial charge in [-0.05, 0) is 48.6 Å². The van der Waals surface area contributed by atoms with E-state index in [1.165, 1.54) is 0 Å². The van der Waals surface area contributed by atoms with Crippen LogP contribution in [-0.4, -0.2) is 24.5 Å². The third kappa shape index (κ3) is 2.70. The molecule has 3 N–H and O–H groups in total. The van der Waals surface area contributed by atoms with E-state index >= 15 is 0 Å². The molecule has 4 aromatic rings. The maximum atomic E-state index is 12.7. The molecule has 0 atom stereocenters. The highest BCUT2D eigenvalue weighted by Gasteiger charge is 2.10. The minimum absolute atomic E-state index is 0.0648. The quantitative estimate of drug-likeness (QED) is 0.465. The van der Waals surface area contributed by atoms with Gasteiger partial charge in [0.05, 0.1) is 16.6 Å². The zero-order valence-corrected chi connectivity index (χ0v) is 14.0. The number of aromatic nitrogens is 5. The van der Waals surface area contributed by atoms with E-state index in [-0.39, 0.29) is 4.77 Å². The normalized spacial score (nSPS) is 10.9. The zero-order valence-electron chi connectivity index (χ0n) is 13.1. The molecule has 9 heteroatoms. The second-order valence-corrected chi connectivity index (χ2v) is 5.89. The number of nitrogens with zero attached hydrogens (tertiary/aromatic N) is 2. The lowest BCUT2D eigenvalue weighted by atomic mass is 10.2. The average Bonchev–Trinajstić information content (AvgIpc) is 2.61. The zero-order chi connectivity index (χ0) is 18.3. The van der Waals surface area contributed by atoms with E-state index in [0.29, 0.717) is 28.0 Å². The molecule has 0 bridgehead atoms. The molecular formula is C17H11N5O3S. The molecule has 0 radical (unpaired) electrons. The van der Waals surface area contributed by atoms with Crippen LogP contribution in [0.4, 0.5) is 0 Å².